The smallest absolute Gasteiger partial charge is 0.254 e. The highest BCUT2D eigenvalue weighted by atomic mass is 16.2. The van der Waals surface area contributed by atoms with Gasteiger partial charge in [0.2, 0.25) is 0 Å². The molecule has 0 N–H and O–H groups in total. The van der Waals surface area contributed by atoms with Crippen LogP contribution in [-0.2, 0) is 16.1 Å². The summed E-state index contributed by atoms with van der Waals surface area (Å²) in [6, 6.07) is 24.6. The molecule has 170 valence electrons. The van der Waals surface area contributed by atoms with Gasteiger partial charge in [0, 0.05) is 41.0 Å². The number of allylic oxidation sites excluding steroid dienone is 1. The summed E-state index contributed by atoms with van der Waals surface area (Å²) in [7, 11) is 0. The number of hydrazone groups is 1. The first-order chi connectivity index (χ1) is 17.2. The fourth-order valence-corrected chi connectivity index (χ4v) is 6.56. The highest BCUT2D eigenvalue weighted by Crippen LogP contribution is 2.60. The fraction of sp³-hybridized carbons (Fsp3) is 0.167. The normalized spacial score (nSPS) is 24.2. The van der Waals surface area contributed by atoms with Crippen molar-refractivity contribution in [3.63, 3.8) is 0 Å². The molecule has 1 fully saturated rings. The Morgan fingerprint density at radius 1 is 0.771 bits per heavy atom. The third-order valence-corrected chi connectivity index (χ3v) is 7.88. The van der Waals surface area contributed by atoms with Gasteiger partial charge in [-0.1, -0.05) is 72.8 Å². The number of hydrogen-bond acceptors (Lipinski definition) is 3. The van der Waals surface area contributed by atoms with Gasteiger partial charge in [0.1, 0.15) is 0 Å². The molecule has 2 heterocycles. The molecule has 2 amide bonds. The lowest BCUT2D eigenvalue weighted by Crippen LogP contribution is -2.41. The van der Waals surface area contributed by atoms with Crippen molar-refractivity contribution in [1.29, 1.82) is 0 Å². The topological polar surface area (TPSA) is 54.7 Å². The van der Waals surface area contributed by atoms with Gasteiger partial charge in [0.25, 0.3) is 11.8 Å². The van der Waals surface area contributed by atoms with Crippen LogP contribution in [0.4, 0.5) is 0 Å². The largest absolute Gasteiger partial charge is 0.343 e. The van der Waals surface area contributed by atoms with Crippen LogP contribution < -0.4 is 0 Å². The van der Waals surface area contributed by atoms with Crippen molar-refractivity contribution < 1.29 is 9.59 Å². The fourth-order valence-electron chi connectivity index (χ4n) is 6.56. The van der Waals surface area contributed by atoms with Crippen molar-refractivity contribution in [3.05, 3.63) is 119 Å². The zero-order valence-corrected chi connectivity index (χ0v) is 19.0. The van der Waals surface area contributed by atoms with E-state index in [-0.39, 0.29) is 23.7 Å². The van der Waals surface area contributed by atoms with Crippen molar-refractivity contribution in [3.8, 4) is 0 Å². The van der Waals surface area contributed by atoms with Crippen LogP contribution in [0.3, 0.4) is 0 Å². The van der Waals surface area contributed by atoms with Crippen molar-refractivity contribution in [2.24, 2.45) is 16.9 Å². The van der Waals surface area contributed by atoms with Gasteiger partial charge >= 0.3 is 0 Å². The number of rotatable bonds is 4. The van der Waals surface area contributed by atoms with E-state index >= 15 is 0 Å². The Kier molecular flexibility index (Phi) is 4.25. The number of para-hydroxylation sites is 1. The summed E-state index contributed by atoms with van der Waals surface area (Å²) < 4.78 is 2.09. The molecule has 5 nitrogen and oxygen atoms in total. The first kappa shape index (κ1) is 20.2. The third kappa shape index (κ3) is 2.66. The minimum Gasteiger partial charge on any atom is -0.343 e. The lowest BCUT2D eigenvalue weighted by Gasteiger charge is -2.45. The molecule has 1 aliphatic heterocycles. The Hall–Kier alpha value is -4.25. The second kappa shape index (κ2) is 7.37. The van der Waals surface area contributed by atoms with E-state index in [0.29, 0.717) is 6.54 Å². The Labute approximate surface area is 203 Å². The van der Waals surface area contributed by atoms with Crippen LogP contribution in [0.5, 0.6) is 0 Å². The summed E-state index contributed by atoms with van der Waals surface area (Å²) in [5, 5.41) is 6.65. The third-order valence-electron chi connectivity index (χ3n) is 7.88. The summed E-state index contributed by atoms with van der Waals surface area (Å²) in [6.45, 7) is 4.51. The molecule has 5 heteroatoms. The van der Waals surface area contributed by atoms with E-state index in [1.165, 1.54) is 0 Å². The zero-order chi connectivity index (χ0) is 23.7. The number of imide groups is 1. The molecule has 1 saturated heterocycles. The lowest BCUT2D eigenvalue weighted by atomic mass is 9.55. The number of carbonyl (C=O) groups is 2. The van der Waals surface area contributed by atoms with Gasteiger partial charge in [-0.15, -0.1) is 6.58 Å². The monoisotopic (exact) mass is 457 g/mol. The summed E-state index contributed by atoms with van der Waals surface area (Å²) in [4.78, 5) is 27.5. The van der Waals surface area contributed by atoms with Crippen molar-refractivity contribution in [2.75, 3.05) is 0 Å². The van der Waals surface area contributed by atoms with Crippen LogP contribution in [0.2, 0.25) is 0 Å². The van der Waals surface area contributed by atoms with Crippen molar-refractivity contribution in [1.82, 2.24) is 9.58 Å². The second-order valence-electron chi connectivity index (χ2n) is 9.54. The Balaban J connectivity index is 1.31. The van der Waals surface area contributed by atoms with E-state index < -0.39 is 11.8 Å². The molecule has 0 saturated carbocycles. The highest BCUT2D eigenvalue weighted by molar-refractivity contribution is 6.08. The average molecular weight is 458 g/mol. The molecular weight excluding hydrogens is 434 g/mol. The van der Waals surface area contributed by atoms with Crippen LogP contribution >= 0.6 is 0 Å². The van der Waals surface area contributed by atoms with E-state index in [1.54, 1.807) is 6.21 Å². The molecule has 35 heavy (non-hydrogen) atoms. The highest BCUT2D eigenvalue weighted by Gasteiger charge is 2.61. The quantitative estimate of drug-likeness (QED) is 0.245. The van der Waals surface area contributed by atoms with Crippen molar-refractivity contribution >= 4 is 28.9 Å². The van der Waals surface area contributed by atoms with E-state index in [4.69, 9.17) is 0 Å². The molecule has 3 aliphatic carbocycles. The van der Waals surface area contributed by atoms with Crippen LogP contribution in [0, 0.1) is 11.8 Å². The number of aromatic nitrogens is 1. The molecule has 0 unspecified atom stereocenters. The number of nitrogens with zero attached hydrogens (tertiary/aromatic N) is 3. The molecule has 8 rings (SSSR count). The minimum absolute atomic E-state index is 0.122. The number of carbonyl (C=O) groups excluding carboxylic acids is 2. The Morgan fingerprint density at radius 3 is 1.83 bits per heavy atom. The first-order valence-corrected chi connectivity index (χ1v) is 12.0. The van der Waals surface area contributed by atoms with E-state index in [1.807, 2.05) is 60.8 Å². The standard InChI is InChI=1S/C30H23N3O2/c1-2-15-32-17-18(19-9-7-8-14-24(19)32)16-31-33-29(34)27-25-20-10-3-4-11-21(20)26(28(27)30(33)35)23-13-6-5-12-22(23)25/h2-14,16-17,25-28H,1,15H2/b31-16-/t25?,26?,27-,28-/m0/s1. The number of fused-ring (bicyclic) bond motifs is 1. The predicted molar refractivity (Wildman–Crippen MR) is 135 cm³/mol. The van der Waals surface area contributed by atoms with Gasteiger partial charge in [0.15, 0.2) is 0 Å². The summed E-state index contributed by atoms with van der Waals surface area (Å²) in [5.41, 5.74) is 6.58. The van der Waals surface area contributed by atoms with E-state index in [2.05, 4.69) is 40.5 Å². The number of hydrogen-bond donors (Lipinski definition) is 0. The average Bonchev–Trinajstić information content (AvgIpc) is 3.37. The molecule has 0 radical (unpaired) electrons. The molecular formula is C30H23N3O2. The molecule has 4 aliphatic rings. The predicted octanol–water partition coefficient (Wildman–Crippen LogP) is 5.05. The van der Waals surface area contributed by atoms with Crippen LogP contribution in [-0.4, -0.2) is 27.6 Å². The Morgan fingerprint density at radius 2 is 1.29 bits per heavy atom. The van der Waals surface area contributed by atoms with Gasteiger partial charge in [-0.25, -0.2) is 0 Å². The SMILES string of the molecule is C=CCn1cc(/C=N\N2C(=O)[C@H]3C4c5ccccc5C(c5ccccc54)[C@@H]3C2=O)c2ccccc21. The van der Waals surface area contributed by atoms with Crippen LogP contribution in [0.1, 0.15) is 39.7 Å². The van der Waals surface area contributed by atoms with Crippen LogP contribution in [0.25, 0.3) is 10.9 Å². The van der Waals surface area contributed by atoms with Gasteiger partial charge < -0.3 is 4.57 Å². The minimum atomic E-state index is -0.420. The molecule has 4 aromatic rings. The van der Waals surface area contributed by atoms with Crippen molar-refractivity contribution in [2.45, 2.75) is 18.4 Å². The summed E-state index contributed by atoms with van der Waals surface area (Å²) >= 11 is 0. The number of benzene rings is 3. The second-order valence-corrected chi connectivity index (χ2v) is 9.54. The summed E-state index contributed by atoms with van der Waals surface area (Å²) in [5.74, 6) is -1.49. The molecule has 3 aromatic carbocycles. The molecule has 2 bridgehead atoms. The van der Waals surface area contributed by atoms with Gasteiger partial charge in [-0.2, -0.15) is 10.1 Å². The zero-order valence-electron chi connectivity index (χ0n) is 19.0. The maximum absolute atomic E-state index is 13.7. The maximum atomic E-state index is 13.7. The van der Waals surface area contributed by atoms with Crippen LogP contribution in [0.15, 0.2) is 96.7 Å². The molecule has 0 spiro atoms. The lowest BCUT2D eigenvalue weighted by molar-refractivity contribution is -0.139. The summed E-state index contributed by atoms with van der Waals surface area (Å²) in [6.07, 6.45) is 5.48. The van der Waals surface area contributed by atoms with Gasteiger partial charge in [0.05, 0.1) is 18.1 Å². The van der Waals surface area contributed by atoms with E-state index in [0.717, 1.165) is 43.7 Å². The first-order valence-electron chi connectivity index (χ1n) is 12.0. The van der Waals surface area contributed by atoms with Gasteiger partial charge in [-0.3, -0.25) is 9.59 Å². The molecule has 1 aromatic heterocycles. The van der Waals surface area contributed by atoms with Gasteiger partial charge in [-0.05, 0) is 28.3 Å². The molecule has 2 atom stereocenters. The van der Waals surface area contributed by atoms with E-state index in [9.17, 15) is 9.59 Å². The Bertz CT molecular complexity index is 1460. The number of amides is 2. The maximum Gasteiger partial charge on any atom is 0.254 e.